The van der Waals surface area contributed by atoms with Gasteiger partial charge in [-0.1, -0.05) is 31.4 Å². The zero-order chi connectivity index (χ0) is 15.9. The molecule has 4 rings (SSSR count). The van der Waals surface area contributed by atoms with Crippen molar-refractivity contribution < 1.29 is 9.90 Å². The lowest BCUT2D eigenvalue weighted by Crippen LogP contribution is -2.37. The second-order valence-electron chi connectivity index (χ2n) is 6.94. The van der Waals surface area contributed by atoms with Gasteiger partial charge in [-0.3, -0.25) is 4.79 Å². The lowest BCUT2D eigenvalue weighted by atomic mass is 9.69. The van der Waals surface area contributed by atoms with Crippen molar-refractivity contribution in [1.82, 2.24) is 9.78 Å². The van der Waals surface area contributed by atoms with Crippen LogP contribution in [0.2, 0.25) is 0 Å². The molecule has 4 heteroatoms. The number of hydrogen-bond donors (Lipinski definition) is 1. The largest absolute Gasteiger partial charge is 0.481 e. The normalized spacial score (nSPS) is 20.3. The molecule has 2 aliphatic rings. The van der Waals surface area contributed by atoms with Gasteiger partial charge < -0.3 is 5.11 Å². The van der Waals surface area contributed by atoms with Crippen molar-refractivity contribution in [2.45, 2.75) is 56.3 Å². The highest BCUT2D eigenvalue weighted by Gasteiger charge is 2.41. The molecule has 1 aromatic carbocycles. The van der Waals surface area contributed by atoms with Crippen molar-refractivity contribution >= 4 is 5.97 Å². The number of nitrogens with zero attached hydrogens (tertiary/aromatic N) is 2. The first-order valence-corrected chi connectivity index (χ1v) is 8.59. The number of aromatic nitrogens is 2. The Kier molecular flexibility index (Phi) is 3.47. The number of benzene rings is 1. The van der Waals surface area contributed by atoms with Crippen LogP contribution in [0.3, 0.4) is 0 Å². The van der Waals surface area contributed by atoms with E-state index in [0.717, 1.165) is 43.4 Å². The van der Waals surface area contributed by atoms with E-state index in [2.05, 4.69) is 11.2 Å². The molecule has 1 N–H and O–H groups in total. The van der Waals surface area contributed by atoms with Gasteiger partial charge in [0.25, 0.3) is 0 Å². The van der Waals surface area contributed by atoms with Crippen molar-refractivity contribution in [1.29, 1.82) is 0 Å². The summed E-state index contributed by atoms with van der Waals surface area (Å²) in [6, 6.07) is 10.1. The fraction of sp³-hybridized carbons (Fsp3) is 0.474. The van der Waals surface area contributed by atoms with Crippen LogP contribution in [0.4, 0.5) is 0 Å². The van der Waals surface area contributed by atoms with E-state index in [-0.39, 0.29) is 0 Å². The molecule has 4 nitrogen and oxygen atoms in total. The quantitative estimate of drug-likeness (QED) is 0.927. The molecule has 0 spiro atoms. The topological polar surface area (TPSA) is 55.1 Å². The molecule has 0 atom stereocenters. The van der Waals surface area contributed by atoms with Crippen LogP contribution in [-0.4, -0.2) is 20.9 Å². The highest BCUT2D eigenvalue weighted by molar-refractivity contribution is 5.81. The molecular weight excluding hydrogens is 288 g/mol. The molecule has 0 unspecified atom stereocenters. The summed E-state index contributed by atoms with van der Waals surface area (Å²) in [5.74, 6) is -0.0681. The van der Waals surface area contributed by atoms with Crippen molar-refractivity contribution in [2.24, 2.45) is 0 Å². The van der Waals surface area contributed by atoms with Gasteiger partial charge in [-0.25, -0.2) is 4.68 Å². The van der Waals surface area contributed by atoms with Gasteiger partial charge in [-0.05, 0) is 49.4 Å². The molecule has 2 aliphatic carbocycles. The van der Waals surface area contributed by atoms with E-state index in [1.165, 1.54) is 18.5 Å². The lowest BCUT2D eigenvalue weighted by molar-refractivity contribution is -0.145. The van der Waals surface area contributed by atoms with E-state index in [1.807, 2.05) is 35.1 Å². The van der Waals surface area contributed by atoms with Gasteiger partial charge in [0.15, 0.2) is 0 Å². The lowest BCUT2D eigenvalue weighted by Gasteiger charge is -2.33. The molecule has 0 aliphatic heterocycles. The Labute approximate surface area is 136 Å². The van der Waals surface area contributed by atoms with Crippen LogP contribution in [0.25, 0.3) is 5.69 Å². The monoisotopic (exact) mass is 310 g/mol. The Morgan fingerprint density at radius 2 is 1.96 bits per heavy atom. The SMILES string of the molecule is O=C(O)C1(c2cccc(-n3nccc3C3CC3)c2)CCCCC1. The van der Waals surface area contributed by atoms with E-state index < -0.39 is 11.4 Å². The molecule has 1 heterocycles. The fourth-order valence-electron chi connectivity index (χ4n) is 3.93. The zero-order valence-corrected chi connectivity index (χ0v) is 13.2. The highest BCUT2D eigenvalue weighted by atomic mass is 16.4. The minimum Gasteiger partial charge on any atom is -0.481 e. The van der Waals surface area contributed by atoms with E-state index in [4.69, 9.17) is 0 Å². The molecule has 0 saturated heterocycles. The predicted octanol–water partition coefficient (Wildman–Crippen LogP) is 4.04. The van der Waals surface area contributed by atoms with Crippen molar-refractivity contribution in [2.75, 3.05) is 0 Å². The molecule has 0 radical (unpaired) electrons. The van der Waals surface area contributed by atoms with Crippen molar-refractivity contribution in [3.8, 4) is 5.69 Å². The first-order valence-electron chi connectivity index (χ1n) is 8.59. The maximum Gasteiger partial charge on any atom is 0.314 e. The standard InChI is InChI=1S/C19H22N2O2/c22-18(23)19(10-2-1-3-11-19)15-5-4-6-16(13-15)21-17(9-12-20-21)14-7-8-14/h4-6,9,12-14H,1-3,7-8,10-11H2,(H,22,23). The van der Waals surface area contributed by atoms with Crippen LogP contribution < -0.4 is 0 Å². The average Bonchev–Trinajstić information content (AvgIpc) is 3.32. The molecule has 120 valence electrons. The molecule has 1 aromatic heterocycles. The summed E-state index contributed by atoms with van der Waals surface area (Å²) in [6.45, 7) is 0. The number of aliphatic carboxylic acids is 1. The van der Waals surface area contributed by atoms with Gasteiger partial charge >= 0.3 is 5.97 Å². The summed E-state index contributed by atoms with van der Waals surface area (Å²) in [6.07, 6.45) is 8.89. The van der Waals surface area contributed by atoms with Gasteiger partial charge in [0.05, 0.1) is 11.1 Å². The highest BCUT2D eigenvalue weighted by Crippen LogP contribution is 2.42. The summed E-state index contributed by atoms with van der Waals surface area (Å²) in [5, 5.41) is 14.4. The first kappa shape index (κ1) is 14.5. The summed E-state index contributed by atoms with van der Waals surface area (Å²) in [7, 11) is 0. The van der Waals surface area contributed by atoms with Gasteiger partial charge in [0.2, 0.25) is 0 Å². The van der Waals surface area contributed by atoms with Gasteiger partial charge in [-0.15, -0.1) is 0 Å². The Bertz CT molecular complexity index is 724. The number of hydrogen-bond acceptors (Lipinski definition) is 2. The number of carbonyl (C=O) groups is 1. The maximum absolute atomic E-state index is 12.0. The van der Waals surface area contributed by atoms with E-state index in [1.54, 1.807) is 0 Å². The van der Waals surface area contributed by atoms with Crippen molar-refractivity contribution in [3.63, 3.8) is 0 Å². The molecule has 0 amide bonds. The molecule has 2 saturated carbocycles. The third-order valence-corrected chi connectivity index (χ3v) is 5.43. The second kappa shape index (κ2) is 5.52. The Hall–Kier alpha value is -2.10. The molecule has 23 heavy (non-hydrogen) atoms. The van der Waals surface area contributed by atoms with Crippen LogP contribution in [-0.2, 0) is 10.2 Å². The van der Waals surface area contributed by atoms with Crippen LogP contribution in [0.5, 0.6) is 0 Å². The Morgan fingerprint density at radius 3 is 2.65 bits per heavy atom. The van der Waals surface area contributed by atoms with Crippen LogP contribution >= 0.6 is 0 Å². The zero-order valence-electron chi connectivity index (χ0n) is 13.2. The van der Waals surface area contributed by atoms with Crippen LogP contribution in [0, 0.1) is 0 Å². The minimum absolute atomic E-state index is 0.615. The van der Waals surface area contributed by atoms with Crippen LogP contribution in [0.15, 0.2) is 36.5 Å². The predicted molar refractivity (Wildman–Crippen MR) is 87.9 cm³/mol. The number of carboxylic acid groups (broad SMARTS) is 1. The summed E-state index contributed by atoms with van der Waals surface area (Å²) in [5.41, 5.74) is 2.44. The number of rotatable bonds is 4. The van der Waals surface area contributed by atoms with E-state index in [0.29, 0.717) is 5.92 Å². The van der Waals surface area contributed by atoms with Gasteiger partial charge in [0, 0.05) is 17.8 Å². The maximum atomic E-state index is 12.0. The van der Waals surface area contributed by atoms with Gasteiger partial charge in [0.1, 0.15) is 0 Å². The summed E-state index contributed by atoms with van der Waals surface area (Å²) < 4.78 is 1.99. The fourth-order valence-corrected chi connectivity index (χ4v) is 3.93. The number of carboxylic acids is 1. The smallest absolute Gasteiger partial charge is 0.314 e. The molecule has 2 aromatic rings. The van der Waals surface area contributed by atoms with E-state index >= 15 is 0 Å². The van der Waals surface area contributed by atoms with Crippen molar-refractivity contribution in [3.05, 3.63) is 47.8 Å². The third-order valence-electron chi connectivity index (χ3n) is 5.43. The summed E-state index contributed by atoms with van der Waals surface area (Å²) >= 11 is 0. The van der Waals surface area contributed by atoms with Gasteiger partial charge in [-0.2, -0.15) is 5.10 Å². The first-order chi connectivity index (χ1) is 11.2. The average molecular weight is 310 g/mol. The molecular formula is C19H22N2O2. The summed E-state index contributed by atoms with van der Waals surface area (Å²) in [4.78, 5) is 12.0. The second-order valence-corrected chi connectivity index (χ2v) is 6.94. The third kappa shape index (κ3) is 2.46. The van der Waals surface area contributed by atoms with Crippen LogP contribution in [0.1, 0.15) is 62.1 Å². The molecule has 2 fully saturated rings. The Morgan fingerprint density at radius 1 is 1.17 bits per heavy atom. The van der Waals surface area contributed by atoms with E-state index in [9.17, 15) is 9.90 Å². The molecule has 0 bridgehead atoms. The Balaban J connectivity index is 1.75. The minimum atomic E-state index is -0.721.